The van der Waals surface area contributed by atoms with Crippen LogP contribution in [0.3, 0.4) is 0 Å². The Morgan fingerprint density at radius 3 is 2.89 bits per heavy atom. The Kier molecular flexibility index (Phi) is 3.96. The lowest BCUT2D eigenvalue weighted by Gasteiger charge is -2.19. The van der Waals surface area contributed by atoms with Gasteiger partial charge in [-0.05, 0) is 26.2 Å². The molecule has 1 aromatic rings. The van der Waals surface area contributed by atoms with Gasteiger partial charge in [-0.1, -0.05) is 12.1 Å². The van der Waals surface area contributed by atoms with Crippen LogP contribution in [0.5, 0.6) is 0 Å². The molecule has 18 heavy (non-hydrogen) atoms. The van der Waals surface area contributed by atoms with Gasteiger partial charge in [0.15, 0.2) is 0 Å². The molecular weight excluding hydrogens is 230 g/mol. The van der Waals surface area contributed by atoms with E-state index in [4.69, 9.17) is 5.73 Å². The van der Waals surface area contributed by atoms with Crippen LogP contribution in [0.25, 0.3) is 0 Å². The SMILES string of the molecule is CCC(N)c1cn(CC(=O)N(CC)C2CC2)nn1. The van der Waals surface area contributed by atoms with Crippen LogP contribution in [0.1, 0.15) is 44.8 Å². The van der Waals surface area contributed by atoms with Gasteiger partial charge in [0.05, 0.1) is 17.9 Å². The number of carbonyl (C=O) groups excluding carboxylic acids is 1. The van der Waals surface area contributed by atoms with E-state index in [0.29, 0.717) is 6.04 Å². The maximum absolute atomic E-state index is 12.1. The molecule has 1 aromatic heterocycles. The molecule has 1 unspecified atom stereocenters. The molecule has 1 amide bonds. The first-order chi connectivity index (χ1) is 8.65. The molecule has 1 aliphatic carbocycles. The summed E-state index contributed by atoms with van der Waals surface area (Å²) in [4.78, 5) is 14.0. The number of likely N-dealkylation sites (N-methyl/N-ethyl adjacent to an activating group) is 1. The molecule has 0 aromatic carbocycles. The lowest BCUT2D eigenvalue weighted by Crippen LogP contribution is -2.35. The molecule has 100 valence electrons. The smallest absolute Gasteiger partial charge is 0.244 e. The van der Waals surface area contributed by atoms with E-state index in [1.54, 1.807) is 10.9 Å². The third-order valence-corrected chi connectivity index (χ3v) is 3.32. The maximum Gasteiger partial charge on any atom is 0.244 e. The molecule has 0 aliphatic heterocycles. The van der Waals surface area contributed by atoms with Crippen LogP contribution in [-0.4, -0.2) is 38.4 Å². The number of nitrogens with two attached hydrogens (primary N) is 1. The number of hydrogen-bond acceptors (Lipinski definition) is 4. The van der Waals surface area contributed by atoms with Gasteiger partial charge in [0.2, 0.25) is 5.91 Å². The van der Waals surface area contributed by atoms with Crippen molar-refractivity contribution in [3.63, 3.8) is 0 Å². The first-order valence-corrected chi connectivity index (χ1v) is 6.60. The molecular formula is C12H21N5O. The average molecular weight is 251 g/mol. The Balaban J connectivity index is 1.96. The molecule has 0 bridgehead atoms. The number of carbonyl (C=O) groups is 1. The fraction of sp³-hybridized carbons (Fsp3) is 0.750. The lowest BCUT2D eigenvalue weighted by atomic mass is 10.2. The van der Waals surface area contributed by atoms with Crippen LogP contribution in [-0.2, 0) is 11.3 Å². The van der Waals surface area contributed by atoms with Crippen molar-refractivity contribution in [2.45, 2.75) is 51.7 Å². The zero-order chi connectivity index (χ0) is 13.1. The number of nitrogens with zero attached hydrogens (tertiary/aromatic N) is 4. The highest BCUT2D eigenvalue weighted by Crippen LogP contribution is 2.26. The highest BCUT2D eigenvalue weighted by molar-refractivity contribution is 5.76. The molecule has 2 N–H and O–H groups in total. The Hall–Kier alpha value is -1.43. The molecule has 0 saturated heterocycles. The quantitative estimate of drug-likeness (QED) is 0.807. The second-order valence-electron chi connectivity index (χ2n) is 4.77. The van der Waals surface area contributed by atoms with Gasteiger partial charge >= 0.3 is 0 Å². The first-order valence-electron chi connectivity index (χ1n) is 6.60. The third-order valence-electron chi connectivity index (χ3n) is 3.32. The van der Waals surface area contributed by atoms with Crippen LogP contribution in [0.2, 0.25) is 0 Å². The van der Waals surface area contributed by atoms with E-state index in [0.717, 1.165) is 31.5 Å². The summed E-state index contributed by atoms with van der Waals surface area (Å²) in [5.74, 6) is 0.113. The van der Waals surface area contributed by atoms with Crippen molar-refractivity contribution >= 4 is 5.91 Å². The first kappa shape index (κ1) is 13.0. The molecule has 1 heterocycles. The van der Waals surface area contributed by atoms with Crippen molar-refractivity contribution in [3.05, 3.63) is 11.9 Å². The minimum atomic E-state index is -0.0976. The van der Waals surface area contributed by atoms with Gasteiger partial charge < -0.3 is 10.6 Å². The van der Waals surface area contributed by atoms with Gasteiger partial charge in [0, 0.05) is 12.6 Å². The van der Waals surface area contributed by atoms with Crippen LogP contribution < -0.4 is 5.73 Å². The van der Waals surface area contributed by atoms with Gasteiger partial charge in [-0.3, -0.25) is 4.79 Å². The number of amides is 1. The van der Waals surface area contributed by atoms with Crippen molar-refractivity contribution in [2.24, 2.45) is 5.73 Å². The van der Waals surface area contributed by atoms with Gasteiger partial charge in [-0.15, -0.1) is 5.10 Å². The minimum absolute atomic E-state index is 0.0976. The molecule has 1 atom stereocenters. The zero-order valence-electron chi connectivity index (χ0n) is 11.0. The fourth-order valence-corrected chi connectivity index (χ4v) is 2.02. The predicted octanol–water partition coefficient (Wildman–Crippen LogP) is 0.699. The lowest BCUT2D eigenvalue weighted by molar-refractivity contribution is -0.132. The number of rotatable bonds is 6. The number of aromatic nitrogens is 3. The van der Waals surface area contributed by atoms with Crippen LogP contribution in [0.15, 0.2) is 6.20 Å². The summed E-state index contributed by atoms with van der Waals surface area (Å²) in [7, 11) is 0. The highest BCUT2D eigenvalue weighted by Gasteiger charge is 2.31. The van der Waals surface area contributed by atoms with Crippen molar-refractivity contribution < 1.29 is 4.79 Å². The average Bonchev–Trinajstić information content (AvgIpc) is 3.08. The maximum atomic E-state index is 12.1. The van der Waals surface area contributed by atoms with Gasteiger partial charge in [-0.2, -0.15) is 0 Å². The monoisotopic (exact) mass is 251 g/mol. The van der Waals surface area contributed by atoms with Gasteiger partial charge in [0.1, 0.15) is 6.54 Å². The summed E-state index contributed by atoms with van der Waals surface area (Å²) in [5, 5.41) is 7.96. The van der Waals surface area contributed by atoms with E-state index in [1.165, 1.54) is 0 Å². The summed E-state index contributed by atoms with van der Waals surface area (Å²) in [6.07, 6.45) is 4.84. The van der Waals surface area contributed by atoms with Gasteiger partial charge in [0.25, 0.3) is 0 Å². The normalized spacial score (nSPS) is 16.6. The van der Waals surface area contributed by atoms with Crippen molar-refractivity contribution in [2.75, 3.05) is 6.54 Å². The van der Waals surface area contributed by atoms with Gasteiger partial charge in [-0.25, -0.2) is 4.68 Å². The molecule has 1 aliphatic rings. The molecule has 1 saturated carbocycles. The van der Waals surface area contributed by atoms with E-state index in [9.17, 15) is 4.79 Å². The molecule has 2 rings (SSSR count). The van der Waals surface area contributed by atoms with Crippen LogP contribution in [0.4, 0.5) is 0 Å². The van der Waals surface area contributed by atoms with E-state index < -0.39 is 0 Å². The zero-order valence-corrected chi connectivity index (χ0v) is 11.0. The minimum Gasteiger partial charge on any atom is -0.338 e. The summed E-state index contributed by atoms with van der Waals surface area (Å²) in [5.41, 5.74) is 6.62. The third kappa shape index (κ3) is 2.87. The molecule has 0 spiro atoms. The molecule has 6 heteroatoms. The topological polar surface area (TPSA) is 77.0 Å². The van der Waals surface area contributed by atoms with E-state index in [2.05, 4.69) is 10.3 Å². The Bertz CT molecular complexity index is 412. The van der Waals surface area contributed by atoms with Crippen LogP contribution in [0, 0.1) is 0 Å². The number of hydrogen-bond donors (Lipinski definition) is 1. The second kappa shape index (κ2) is 5.48. The predicted molar refractivity (Wildman–Crippen MR) is 67.7 cm³/mol. The Labute approximate surface area is 107 Å². The van der Waals surface area contributed by atoms with Crippen molar-refractivity contribution in [3.8, 4) is 0 Å². The fourth-order valence-electron chi connectivity index (χ4n) is 2.02. The molecule has 1 fully saturated rings. The van der Waals surface area contributed by atoms with E-state index in [1.807, 2.05) is 18.7 Å². The molecule has 0 radical (unpaired) electrons. The second-order valence-corrected chi connectivity index (χ2v) is 4.77. The Morgan fingerprint density at radius 1 is 1.61 bits per heavy atom. The standard InChI is InChI=1S/C12H21N5O/c1-3-10(13)11-7-16(15-14-11)8-12(18)17(4-2)9-5-6-9/h7,9-10H,3-6,8,13H2,1-2H3. The summed E-state index contributed by atoms with van der Waals surface area (Å²) in [6.45, 7) is 5.03. The van der Waals surface area contributed by atoms with Crippen molar-refractivity contribution in [1.29, 1.82) is 0 Å². The van der Waals surface area contributed by atoms with Crippen molar-refractivity contribution in [1.82, 2.24) is 19.9 Å². The Morgan fingerprint density at radius 2 is 2.33 bits per heavy atom. The molecule has 6 nitrogen and oxygen atoms in total. The van der Waals surface area contributed by atoms with E-state index in [-0.39, 0.29) is 18.5 Å². The summed E-state index contributed by atoms with van der Waals surface area (Å²) >= 11 is 0. The summed E-state index contributed by atoms with van der Waals surface area (Å²) < 4.78 is 1.58. The largest absolute Gasteiger partial charge is 0.338 e. The highest BCUT2D eigenvalue weighted by atomic mass is 16.2. The summed E-state index contributed by atoms with van der Waals surface area (Å²) in [6, 6.07) is 0.350. The van der Waals surface area contributed by atoms with E-state index >= 15 is 0 Å². The van der Waals surface area contributed by atoms with Crippen LogP contribution >= 0.6 is 0 Å².